The van der Waals surface area contributed by atoms with Crippen molar-refractivity contribution in [1.82, 2.24) is 14.6 Å². The van der Waals surface area contributed by atoms with Crippen molar-refractivity contribution in [3.8, 4) is 0 Å². The summed E-state index contributed by atoms with van der Waals surface area (Å²) >= 11 is 0.665. The maximum absolute atomic E-state index is 13.1. The molecule has 2 heterocycles. The van der Waals surface area contributed by atoms with Gasteiger partial charge in [0, 0.05) is 0 Å². The van der Waals surface area contributed by atoms with Crippen LogP contribution in [-0.4, -0.2) is 23.0 Å². The van der Waals surface area contributed by atoms with Crippen LogP contribution in [0.2, 0.25) is 0 Å². The van der Waals surface area contributed by atoms with Crippen molar-refractivity contribution in [3.05, 3.63) is 58.3 Å². The van der Waals surface area contributed by atoms with Gasteiger partial charge in [-0.1, -0.05) is 41.7 Å². The van der Waals surface area contributed by atoms with E-state index < -0.39 is 21.3 Å². The lowest BCUT2D eigenvalue weighted by molar-refractivity contribution is 0.577. The van der Waals surface area contributed by atoms with E-state index in [-0.39, 0.29) is 15.1 Å². The number of nitrogens with zero attached hydrogens (tertiary/aromatic N) is 3. The Morgan fingerprint density at radius 1 is 1.24 bits per heavy atom. The van der Waals surface area contributed by atoms with Gasteiger partial charge in [-0.2, -0.15) is 13.9 Å². The third kappa shape index (κ3) is 2.69. The Kier molecular flexibility index (Phi) is 3.30. The first-order valence-electron chi connectivity index (χ1n) is 5.79. The van der Waals surface area contributed by atoms with Crippen molar-refractivity contribution < 1.29 is 12.8 Å². The Labute approximate surface area is 122 Å². The molecule has 2 aromatic heterocycles. The van der Waals surface area contributed by atoms with Gasteiger partial charge < -0.3 is 0 Å². The van der Waals surface area contributed by atoms with Crippen LogP contribution in [0.1, 0.15) is 5.56 Å². The SMILES string of the molecule is O=c1cc(F)nc2sc(S(=O)(=O)Cc3ccccc3)nn12. The number of aromatic nitrogens is 3. The molecule has 0 spiro atoms. The van der Waals surface area contributed by atoms with Gasteiger partial charge >= 0.3 is 0 Å². The smallest absolute Gasteiger partial charge is 0.267 e. The minimum atomic E-state index is -3.72. The topological polar surface area (TPSA) is 81.4 Å². The standard InChI is InChI=1S/C12H8FN3O3S2/c13-9-6-10(17)16-11(14-9)20-12(15-16)21(18,19)7-8-4-2-1-3-5-8/h1-6H,7H2. The highest BCUT2D eigenvalue weighted by molar-refractivity contribution is 7.92. The summed E-state index contributed by atoms with van der Waals surface area (Å²) in [5.41, 5.74) is -0.154. The summed E-state index contributed by atoms with van der Waals surface area (Å²) in [6.45, 7) is 0. The van der Waals surface area contributed by atoms with Gasteiger partial charge in [0.25, 0.3) is 5.56 Å². The molecular formula is C12H8FN3O3S2. The Bertz CT molecular complexity index is 964. The molecule has 0 aliphatic rings. The molecule has 108 valence electrons. The predicted molar refractivity (Wildman–Crippen MR) is 74.4 cm³/mol. The lowest BCUT2D eigenvalue weighted by atomic mass is 10.2. The number of hydrogen-bond donors (Lipinski definition) is 0. The van der Waals surface area contributed by atoms with Gasteiger partial charge in [0.15, 0.2) is 0 Å². The van der Waals surface area contributed by atoms with Crippen LogP contribution in [0.3, 0.4) is 0 Å². The molecule has 3 rings (SSSR count). The maximum atomic E-state index is 13.1. The van der Waals surface area contributed by atoms with Crippen molar-refractivity contribution >= 4 is 26.1 Å². The van der Waals surface area contributed by atoms with Crippen LogP contribution in [0.25, 0.3) is 4.96 Å². The second-order valence-electron chi connectivity index (χ2n) is 4.22. The summed E-state index contributed by atoms with van der Waals surface area (Å²) in [7, 11) is -3.72. The van der Waals surface area contributed by atoms with Crippen LogP contribution >= 0.6 is 11.3 Å². The number of hydrogen-bond acceptors (Lipinski definition) is 6. The Morgan fingerprint density at radius 3 is 2.67 bits per heavy atom. The van der Waals surface area contributed by atoms with Crippen molar-refractivity contribution in [3.63, 3.8) is 0 Å². The zero-order valence-corrected chi connectivity index (χ0v) is 12.1. The molecule has 6 nitrogen and oxygen atoms in total. The average molecular weight is 325 g/mol. The normalized spacial score (nSPS) is 11.9. The molecule has 0 aliphatic heterocycles. The van der Waals surface area contributed by atoms with E-state index in [1.165, 1.54) is 0 Å². The fourth-order valence-corrected chi connectivity index (χ4v) is 4.25. The summed E-state index contributed by atoms with van der Waals surface area (Å²) in [5, 5.41) is 3.73. The molecule has 0 amide bonds. The molecule has 0 fully saturated rings. The van der Waals surface area contributed by atoms with Crippen LogP contribution in [-0.2, 0) is 15.6 Å². The summed E-state index contributed by atoms with van der Waals surface area (Å²) in [6, 6.07) is 9.24. The number of fused-ring (bicyclic) bond motifs is 1. The maximum Gasteiger partial charge on any atom is 0.278 e. The zero-order chi connectivity index (χ0) is 15.0. The van der Waals surface area contributed by atoms with Crippen molar-refractivity contribution in [2.45, 2.75) is 10.1 Å². The first-order chi connectivity index (χ1) is 9.95. The van der Waals surface area contributed by atoms with Crippen LogP contribution in [0, 0.1) is 5.95 Å². The molecule has 21 heavy (non-hydrogen) atoms. The van der Waals surface area contributed by atoms with Gasteiger partial charge in [0.05, 0.1) is 11.8 Å². The molecule has 0 unspecified atom stereocenters. The molecule has 0 N–H and O–H groups in total. The quantitative estimate of drug-likeness (QED) is 0.677. The fourth-order valence-electron chi connectivity index (χ4n) is 1.75. The highest BCUT2D eigenvalue weighted by Crippen LogP contribution is 2.21. The van der Waals surface area contributed by atoms with E-state index in [1.807, 2.05) is 0 Å². The van der Waals surface area contributed by atoms with E-state index in [2.05, 4.69) is 10.1 Å². The van der Waals surface area contributed by atoms with Gasteiger partial charge in [-0.25, -0.2) is 8.42 Å². The lowest BCUT2D eigenvalue weighted by Crippen LogP contribution is -2.15. The molecule has 0 aliphatic carbocycles. The van der Waals surface area contributed by atoms with Crippen LogP contribution in [0.15, 0.2) is 45.5 Å². The summed E-state index contributed by atoms with van der Waals surface area (Å²) in [5.74, 6) is -1.21. The molecular weight excluding hydrogens is 317 g/mol. The van der Waals surface area contributed by atoms with E-state index in [1.54, 1.807) is 30.3 Å². The second-order valence-corrected chi connectivity index (χ2v) is 7.34. The average Bonchev–Trinajstić information content (AvgIpc) is 2.84. The molecule has 0 saturated heterocycles. The minimum absolute atomic E-state index is 0.0911. The summed E-state index contributed by atoms with van der Waals surface area (Å²) < 4.78 is 38.1. The van der Waals surface area contributed by atoms with Gasteiger partial charge in [0.2, 0.25) is 25.1 Å². The number of sulfone groups is 1. The first-order valence-corrected chi connectivity index (χ1v) is 8.26. The third-order valence-electron chi connectivity index (χ3n) is 2.66. The first kappa shape index (κ1) is 13.8. The molecule has 0 radical (unpaired) electrons. The monoisotopic (exact) mass is 325 g/mol. The third-order valence-corrected chi connectivity index (χ3v) is 5.70. The Morgan fingerprint density at radius 2 is 1.95 bits per heavy atom. The molecule has 3 aromatic rings. The van der Waals surface area contributed by atoms with Crippen molar-refractivity contribution in [1.29, 1.82) is 0 Å². The highest BCUT2D eigenvalue weighted by atomic mass is 32.2. The molecule has 9 heteroatoms. The summed E-state index contributed by atoms with van der Waals surface area (Å²) in [4.78, 5) is 14.9. The van der Waals surface area contributed by atoms with Gasteiger partial charge in [0.1, 0.15) is 0 Å². The number of halogens is 1. The van der Waals surface area contributed by atoms with Crippen molar-refractivity contribution in [2.75, 3.05) is 0 Å². The molecule has 0 atom stereocenters. The van der Waals surface area contributed by atoms with Gasteiger partial charge in [-0.15, -0.1) is 5.10 Å². The predicted octanol–water partition coefficient (Wildman–Crippen LogP) is 1.26. The largest absolute Gasteiger partial charge is 0.278 e. The molecule has 0 bridgehead atoms. The van der Waals surface area contributed by atoms with E-state index in [0.29, 0.717) is 23.0 Å². The zero-order valence-electron chi connectivity index (χ0n) is 10.4. The number of benzene rings is 1. The lowest BCUT2D eigenvalue weighted by Gasteiger charge is -1.99. The van der Waals surface area contributed by atoms with Crippen LogP contribution < -0.4 is 5.56 Å². The van der Waals surface area contributed by atoms with Crippen molar-refractivity contribution in [2.24, 2.45) is 0 Å². The van der Waals surface area contributed by atoms with E-state index in [4.69, 9.17) is 0 Å². The molecule has 0 saturated carbocycles. The Hall–Kier alpha value is -2.13. The van der Waals surface area contributed by atoms with Crippen LogP contribution in [0.4, 0.5) is 4.39 Å². The Balaban J connectivity index is 2.07. The highest BCUT2D eigenvalue weighted by Gasteiger charge is 2.22. The van der Waals surface area contributed by atoms with E-state index >= 15 is 0 Å². The van der Waals surface area contributed by atoms with E-state index in [9.17, 15) is 17.6 Å². The van der Waals surface area contributed by atoms with Gasteiger partial charge in [-0.3, -0.25) is 4.79 Å². The molecule has 1 aromatic carbocycles. The fraction of sp³-hybridized carbons (Fsp3) is 0.0833. The second kappa shape index (κ2) is 5.01. The minimum Gasteiger partial charge on any atom is -0.267 e. The van der Waals surface area contributed by atoms with Crippen LogP contribution in [0.5, 0.6) is 0 Å². The number of rotatable bonds is 3. The van der Waals surface area contributed by atoms with Gasteiger partial charge in [-0.05, 0) is 5.56 Å². The van der Waals surface area contributed by atoms with E-state index in [0.717, 1.165) is 4.52 Å². The summed E-state index contributed by atoms with van der Waals surface area (Å²) in [6.07, 6.45) is 0.